The summed E-state index contributed by atoms with van der Waals surface area (Å²) >= 11 is 0. The number of hydrogen-bond donors (Lipinski definition) is 0. The van der Waals surface area contributed by atoms with Crippen LogP contribution in [0.2, 0.25) is 0 Å². The summed E-state index contributed by atoms with van der Waals surface area (Å²) < 4.78 is 0. The van der Waals surface area contributed by atoms with E-state index in [1.165, 1.54) is 24.8 Å². The highest BCUT2D eigenvalue weighted by Gasteiger charge is 2.40. The van der Waals surface area contributed by atoms with E-state index in [1.54, 1.807) is 6.92 Å². The van der Waals surface area contributed by atoms with Gasteiger partial charge in [0.15, 0.2) is 0 Å². The third-order valence-electron chi connectivity index (χ3n) is 4.65. The highest BCUT2D eigenvalue weighted by atomic mass is 16.2. The first-order valence-corrected chi connectivity index (χ1v) is 7.06. The summed E-state index contributed by atoms with van der Waals surface area (Å²) in [5.41, 5.74) is 2.48. The molecule has 0 aromatic heterocycles. The Morgan fingerprint density at radius 3 is 2.61 bits per heavy atom. The van der Waals surface area contributed by atoms with Gasteiger partial charge >= 0.3 is 0 Å². The fourth-order valence-corrected chi connectivity index (χ4v) is 3.64. The van der Waals surface area contributed by atoms with E-state index in [4.69, 9.17) is 0 Å². The average molecular weight is 243 g/mol. The molecule has 2 heteroatoms. The van der Waals surface area contributed by atoms with Gasteiger partial charge in [0.25, 0.3) is 0 Å². The number of benzene rings is 1. The van der Waals surface area contributed by atoms with Crippen LogP contribution in [0.3, 0.4) is 0 Å². The van der Waals surface area contributed by atoms with Crippen molar-refractivity contribution < 1.29 is 4.79 Å². The molecule has 1 fully saturated rings. The van der Waals surface area contributed by atoms with Crippen LogP contribution < -0.4 is 4.90 Å². The van der Waals surface area contributed by atoms with Crippen molar-refractivity contribution in [3.8, 4) is 0 Å². The van der Waals surface area contributed by atoms with Gasteiger partial charge in [-0.1, -0.05) is 31.5 Å². The summed E-state index contributed by atoms with van der Waals surface area (Å²) in [7, 11) is 0. The first-order valence-electron chi connectivity index (χ1n) is 7.06. The lowest BCUT2D eigenvalue weighted by Gasteiger charge is -2.47. The lowest BCUT2D eigenvalue weighted by Crippen LogP contribution is -2.52. The van der Waals surface area contributed by atoms with Crippen molar-refractivity contribution in [2.45, 2.75) is 45.6 Å². The number of fused-ring (bicyclic) bond motifs is 1. The molecule has 1 saturated carbocycles. The van der Waals surface area contributed by atoms with Crippen LogP contribution in [0.5, 0.6) is 0 Å². The maximum Gasteiger partial charge on any atom is 0.224 e. The molecule has 0 saturated heterocycles. The third-order valence-corrected chi connectivity index (χ3v) is 4.65. The van der Waals surface area contributed by atoms with Crippen molar-refractivity contribution in [2.24, 2.45) is 11.8 Å². The van der Waals surface area contributed by atoms with E-state index in [9.17, 15) is 4.79 Å². The van der Waals surface area contributed by atoms with Gasteiger partial charge in [0, 0.05) is 18.7 Å². The number of para-hydroxylation sites is 1. The zero-order valence-electron chi connectivity index (χ0n) is 11.2. The molecule has 1 heterocycles. The lowest BCUT2D eigenvalue weighted by atomic mass is 9.71. The smallest absolute Gasteiger partial charge is 0.224 e. The summed E-state index contributed by atoms with van der Waals surface area (Å²) in [5.74, 6) is 1.50. The van der Waals surface area contributed by atoms with Gasteiger partial charge in [-0.15, -0.1) is 0 Å². The Morgan fingerprint density at radius 2 is 2.00 bits per heavy atom. The molecule has 1 aromatic carbocycles. The predicted molar refractivity (Wildman–Crippen MR) is 73.6 cm³/mol. The van der Waals surface area contributed by atoms with Crippen LogP contribution in [0.15, 0.2) is 24.3 Å². The summed E-state index contributed by atoms with van der Waals surface area (Å²) in [6.07, 6.45) is 5.03. The van der Waals surface area contributed by atoms with Crippen LogP contribution in [0.25, 0.3) is 0 Å². The fraction of sp³-hybridized carbons (Fsp3) is 0.562. The fourth-order valence-electron chi connectivity index (χ4n) is 3.64. The van der Waals surface area contributed by atoms with Crippen LogP contribution in [0.1, 0.15) is 38.7 Å². The molecule has 3 rings (SSSR count). The van der Waals surface area contributed by atoms with Gasteiger partial charge in [-0.2, -0.15) is 0 Å². The number of carbonyl (C=O) groups is 1. The Morgan fingerprint density at radius 1 is 1.28 bits per heavy atom. The maximum atomic E-state index is 12.1. The zero-order chi connectivity index (χ0) is 12.7. The van der Waals surface area contributed by atoms with Crippen LogP contribution in [0.4, 0.5) is 5.69 Å². The zero-order valence-corrected chi connectivity index (χ0v) is 11.2. The third kappa shape index (κ3) is 1.75. The Hall–Kier alpha value is -1.31. The minimum Gasteiger partial charge on any atom is -0.309 e. The Labute approximate surface area is 109 Å². The molecular weight excluding hydrogens is 222 g/mol. The first kappa shape index (κ1) is 11.8. The number of carbonyl (C=O) groups excluding carboxylic acids is 1. The molecule has 1 aromatic rings. The van der Waals surface area contributed by atoms with Crippen molar-refractivity contribution >= 4 is 11.6 Å². The molecule has 0 radical (unpaired) electrons. The molecule has 1 aliphatic heterocycles. The minimum atomic E-state index is 0.200. The van der Waals surface area contributed by atoms with E-state index in [0.29, 0.717) is 12.0 Å². The molecule has 18 heavy (non-hydrogen) atoms. The molecule has 1 amide bonds. The summed E-state index contributed by atoms with van der Waals surface area (Å²) in [5, 5.41) is 0. The van der Waals surface area contributed by atoms with Gasteiger partial charge in [0.1, 0.15) is 0 Å². The summed E-state index contributed by atoms with van der Waals surface area (Å²) in [4.78, 5) is 14.2. The molecule has 2 aliphatic rings. The second kappa shape index (κ2) is 4.42. The SMILES string of the molecule is CC(=O)N1c2ccccc2CC(C)[C@@H]1C1CCC1. The van der Waals surface area contributed by atoms with E-state index in [1.807, 2.05) is 6.07 Å². The lowest BCUT2D eigenvalue weighted by molar-refractivity contribution is -0.117. The van der Waals surface area contributed by atoms with Gasteiger partial charge in [0.05, 0.1) is 0 Å². The van der Waals surface area contributed by atoms with Crippen molar-refractivity contribution in [3.05, 3.63) is 29.8 Å². The van der Waals surface area contributed by atoms with E-state index < -0.39 is 0 Å². The molecule has 0 spiro atoms. The number of amides is 1. The first-order chi connectivity index (χ1) is 8.68. The van der Waals surface area contributed by atoms with E-state index in [0.717, 1.165) is 18.0 Å². The number of rotatable bonds is 1. The minimum absolute atomic E-state index is 0.200. The quantitative estimate of drug-likeness (QED) is 0.740. The topological polar surface area (TPSA) is 20.3 Å². The Kier molecular flexibility index (Phi) is 2.89. The number of hydrogen-bond acceptors (Lipinski definition) is 1. The van der Waals surface area contributed by atoms with Crippen LogP contribution >= 0.6 is 0 Å². The van der Waals surface area contributed by atoms with E-state index in [-0.39, 0.29) is 5.91 Å². The number of anilines is 1. The van der Waals surface area contributed by atoms with Crippen LogP contribution in [0, 0.1) is 11.8 Å². The predicted octanol–water partition coefficient (Wildman–Crippen LogP) is 3.40. The normalized spacial score (nSPS) is 27.6. The van der Waals surface area contributed by atoms with Gasteiger partial charge in [0.2, 0.25) is 5.91 Å². The standard InChI is InChI=1S/C16H21NO/c1-11-10-14-6-3-4-9-15(14)17(12(2)18)16(11)13-7-5-8-13/h3-4,6,9,11,13,16H,5,7-8,10H2,1-2H3/t11?,16-/m1/s1. The molecule has 96 valence electrons. The van der Waals surface area contributed by atoms with Gasteiger partial charge < -0.3 is 4.90 Å². The van der Waals surface area contributed by atoms with Crippen molar-refractivity contribution in [2.75, 3.05) is 4.90 Å². The highest BCUT2D eigenvalue weighted by Crippen LogP contribution is 2.42. The second-order valence-corrected chi connectivity index (χ2v) is 5.88. The number of nitrogens with zero attached hydrogens (tertiary/aromatic N) is 1. The van der Waals surface area contributed by atoms with Crippen molar-refractivity contribution in [1.82, 2.24) is 0 Å². The van der Waals surface area contributed by atoms with E-state index in [2.05, 4.69) is 30.0 Å². The molecule has 2 nitrogen and oxygen atoms in total. The van der Waals surface area contributed by atoms with E-state index >= 15 is 0 Å². The van der Waals surface area contributed by atoms with Gasteiger partial charge in [-0.25, -0.2) is 0 Å². The second-order valence-electron chi connectivity index (χ2n) is 5.88. The molecule has 2 atom stereocenters. The molecular formula is C16H21NO. The largest absolute Gasteiger partial charge is 0.309 e. The highest BCUT2D eigenvalue weighted by molar-refractivity contribution is 5.93. The molecule has 0 N–H and O–H groups in total. The van der Waals surface area contributed by atoms with Crippen LogP contribution in [-0.4, -0.2) is 11.9 Å². The molecule has 1 aliphatic carbocycles. The van der Waals surface area contributed by atoms with Crippen molar-refractivity contribution in [1.29, 1.82) is 0 Å². The molecule has 0 bridgehead atoms. The summed E-state index contributed by atoms with van der Waals surface area (Å²) in [6, 6.07) is 8.81. The van der Waals surface area contributed by atoms with Crippen molar-refractivity contribution in [3.63, 3.8) is 0 Å². The van der Waals surface area contributed by atoms with Gasteiger partial charge in [-0.05, 0) is 42.7 Å². The average Bonchev–Trinajstić information content (AvgIpc) is 2.27. The maximum absolute atomic E-state index is 12.1. The van der Waals surface area contributed by atoms with Crippen LogP contribution in [-0.2, 0) is 11.2 Å². The summed E-state index contributed by atoms with van der Waals surface area (Å²) in [6.45, 7) is 4.01. The van der Waals surface area contributed by atoms with Gasteiger partial charge in [-0.3, -0.25) is 4.79 Å². The Bertz CT molecular complexity index is 464. The monoisotopic (exact) mass is 243 g/mol. The Balaban J connectivity index is 2.02. The molecule has 1 unspecified atom stereocenters.